The number of benzene rings is 1. The molecule has 0 radical (unpaired) electrons. The number of carbonyl (C=O) groups is 2. The standard InChI is InChI=1S/C13H12BrF3O3/c1-2-5-20-12(19)7-11(18)8-3-4-9(10(14)6-8)13(15,16)17/h3-4,6H,2,5,7H2,1H3. The highest BCUT2D eigenvalue weighted by molar-refractivity contribution is 9.10. The monoisotopic (exact) mass is 352 g/mol. The number of carbonyl (C=O) groups excluding carboxylic acids is 2. The molecule has 0 fully saturated rings. The summed E-state index contributed by atoms with van der Waals surface area (Å²) in [5.74, 6) is -1.27. The first-order chi connectivity index (χ1) is 9.25. The van der Waals surface area contributed by atoms with Gasteiger partial charge in [0.2, 0.25) is 0 Å². The number of ketones is 1. The Morgan fingerprint density at radius 3 is 2.45 bits per heavy atom. The molecule has 0 spiro atoms. The zero-order valence-corrected chi connectivity index (χ0v) is 12.2. The molecule has 1 rings (SSSR count). The van der Waals surface area contributed by atoms with Gasteiger partial charge in [-0.2, -0.15) is 13.2 Å². The molecule has 0 unspecified atom stereocenters. The van der Waals surface area contributed by atoms with Crippen LogP contribution in [0.3, 0.4) is 0 Å². The smallest absolute Gasteiger partial charge is 0.417 e. The van der Waals surface area contributed by atoms with Crippen molar-refractivity contribution >= 4 is 27.7 Å². The van der Waals surface area contributed by atoms with Gasteiger partial charge in [-0.15, -0.1) is 0 Å². The highest BCUT2D eigenvalue weighted by atomic mass is 79.9. The molecule has 0 aliphatic carbocycles. The van der Waals surface area contributed by atoms with Crippen LogP contribution in [0.5, 0.6) is 0 Å². The van der Waals surface area contributed by atoms with Crippen LogP contribution in [0.25, 0.3) is 0 Å². The Kier molecular flexibility index (Phi) is 5.74. The van der Waals surface area contributed by atoms with Gasteiger partial charge >= 0.3 is 12.1 Å². The van der Waals surface area contributed by atoms with Crippen molar-refractivity contribution in [1.29, 1.82) is 0 Å². The van der Waals surface area contributed by atoms with Crippen LogP contribution in [-0.2, 0) is 15.7 Å². The molecule has 20 heavy (non-hydrogen) atoms. The maximum absolute atomic E-state index is 12.5. The molecular weight excluding hydrogens is 341 g/mol. The molecule has 0 amide bonds. The molecule has 0 saturated heterocycles. The summed E-state index contributed by atoms with van der Waals surface area (Å²) < 4.78 is 42.1. The molecular formula is C13H12BrF3O3. The number of hydrogen-bond donors (Lipinski definition) is 0. The van der Waals surface area contributed by atoms with Crippen LogP contribution >= 0.6 is 15.9 Å². The largest absolute Gasteiger partial charge is 0.465 e. The summed E-state index contributed by atoms with van der Waals surface area (Å²) in [6.45, 7) is 2.02. The lowest BCUT2D eigenvalue weighted by atomic mass is 10.1. The number of ether oxygens (including phenoxy) is 1. The quantitative estimate of drug-likeness (QED) is 0.457. The van der Waals surface area contributed by atoms with E-state index in [0.717, 1.165) is 18.2 Å². The Labute approximate surface area is 122 Å². The van der Waals surface area contributed by atoms with Crippen molar-refractivity contribution < 1.29 is 27.5 Å². The summed E-state index contributed by atoms with van der Waals surface area (Å²) in [6.07, 6.45) is -4.36. The number of alkyl halides is 3. The maximum Gasteiger partial charge on any atom is 0.417 e. The lowest BCUT2D eigenvalue weighted by Gasteiger charge is -2.10. The summed E-state index contributed by atoms with van der Waals surface area (Å²) in [5, 5.41) is 0. The first-order valence-electron chi connectivity index (χ1n) is 5.81. The predicted octanol–water partition coefficient (Wildman–Crippen LogP) is 3.99. The number of esters is 1. The Bertz CT molecular complexity index is 512. The van der Waals surface area contributed by atoms with Crippen LogP contribution in [0.15, 0.2) is 22.7 Å². The summed E-state index contributed by atoms with van der Waals surface area (Å²) in [6, 6.07) is 2.90. The van der Waals surface area contributed by atoms with Crippen molar-refractivity contribution in [3.8, 4) is 0 Å². The molecule has 1 aromatic carbocycles. The molecule has 110 valence electrons. The fourth-order valence-electron chi connectivity index (χ4n) is 1.42. The van der Waals surface area contributed by atoms with Crippen LogP contribution < -0.4 is 0 Å². The molecule has 0 atom stereocenters. The Morgan fingerprint density at radius 1 is 1.30 bits per heavy atom. The van der Waals surface area contributed by atoms with Crippen LogP contribution in [0.2, 0.25) is 0 Å². The SMILES string of the molecule is CCCOC(=O)CC(=O)c1ccc(C(F)(F)F)c(Br)c1. The molecule has 0 bridgehead atoms. The molecule has 0 aliphatic heterocycles. The van der Waals surface area contributed by atoms with Gasteiger partial charge in [-0.05, 0) is 18.6 Å². The normalized spacial score (nSPS) is 11.2. The third-order valence-electron chi connectivity index (χ3n) is 2.37. The zero-order chi connectivity index (χ0) is 15.3. The molecule has 0 heterocycles. The van der Waals surface area contributed by atoms with E-state index in [1.165, 1.54) is 0 Å². The molecule has 0 saturated carbocycles. The summed E-state index contributed by atoms with van der Waals surface area (Å²) in [5.41, 5.74) is -0.846. The van der Waals surface area contributed by atoms with Crippen LogP contribution in [0.4, 0.5) is 13.2 Å². The van der Waals surface area contributed by atoms with Crippen molar-refractivity contribution in [3.63, 3.8) is 0 Å². The fourth-order valence-corrected chi connectivity index (χ4v) is 2.02. The fraction of sp³-hybridized carbons (Fsp3) is 0.385. The number of hydrogen-bond acceptors (Lipinski definition) is 3. The predicted molar refractivity (Wildman–Crippen MR) is 69.3 cm³/mol. The molecule has 0 aliphatic rings. The minimum atomic E-state index is -4.50. The molecule has 3 nitrogen and oxygen atoms in total. The minimum absolute atomic E-state index is 0.0262. The highest BCUT2D eigenvalue weighted by Gasteiger charge is 2.33. The summed E-state index contributed by atoms with van der Waals surface area (Å²) >= 11 is 2.77. The number of Topliss-reactive ketones (excluding diaryl/α,β-unsaturated/α-hetero) is 1. The summed E-state index contributed by atoms with van der Waals surface area (Å²) in [7, 11) is 0. The van der Waals surface area contributed by atoms with Gasteiger partial charge in [0.05, 0.1) is 12.2 Å². The Balaban J connectivity index is 2.80. The van der Waals surface area contributed by atoms with Gasteiger partial charge in [0, 0.05) is 10.0 Å². The highest BCUT2D eigenvalue weighted by Crippen LogP contribution is 2.35. The average Bonchev–Trinajstić information content (AvgIpc) is 2.34. The zero-order valence-electron chi connectivity index (χ0n) is 10.6. The van der Waals surface area contributed by atoms with Gasteiger partial charge in [0.15, 0.2) is 5.78 Å². The first kappa shape index (κ1) is 16.7. The van der Waals surface area contributed by atoms with E-state index in [1.54, 1.807) is 0 Å². The van der Waals surface area contributed by atoms with Crippen molar-refractivity contribution in [2.75, 3.05) is 6.61 Å². The lowest BCUT2D eigenvalue weighted by molar-refractivity contribution is -0.142. The lowest BCUT2D eigenvalue weighted by Crippen LogP contribution is -2.13. The van der Waals surface area contributed by atoms with Crippen molar-refractivity contribution in [2.24, 2.45) is 0 Å². The second-order valence-corrected chi connectivity index (χ2v) is 4.87. The van der Waals surface area contributed by atoms with E-state index in [4.69, 9.17) is 4.74 Å². The van der Waals surface area contributed by atoms with Crippen LogP contribution in [0.1, 0.15) is 35.7 Å². The van der Waals surface area contributed by atoms with Crippen LogP contribution in [0, 0.1) is 0 Å². The third kappa shape index (κ3) is 4.63. The number of rotatable bonds is 5. The average molecular weight is 353 g/mol. The van der Waals surface area contributed by atoms with Gasteiger partial charge in [-0.3, -0.25) is 9.59 Å². The van der Waals surface area contributed by atoms with E-state index < -0.39 is 29.9 Å². The topological polar surface area (TPSA) is 43.4 Å². The molecule has 1 aromatic rings. The van der Waals surface area contributed by atoms with Gasteiger partial charge in [0.1, 0.15) is 6.42 Å². The molecule has 7 heteroatoms. The van der Waals surface area contributed by atoms with Crippen molar-refractivity contribution in [1.82, 2.24) is 0 Å². The van der Waals surface area contributed by atoms with Gasteiger partial charge in [0.25, 0.3) is 0 Å². The Morgan fingerprint density at radius 2 is 1.95 bits per heavy atom. The molecule has 0 aromatic heterocycles. The maximum atomic E-state index is 12.5. The van der Waals surface area contributed by atoms with Gasteiger partial charge < -0.3 is 4.74 Å². The van der Waals surface area contributed by atoms with Crippen molar-refractivity contribution in [2.45, 2.75) is 25.9 Å². The number of halogens is 4. The second kappa shape index (κ2) is 6.88. The van der Waals surface area contributed by atoms with Crippen LogP contribution in [-0.4, -0.2) is 18.4 Å². The van der Waals surface area contributed by atoms with Gasteiger partial charge in [-0.1, -0.05) is 28.9 Å². The third-order valence-corrected chi connectivity index (χ3v) is 3.02. The van der Waals surface area contributed by atoms with Gasteiger partial charge in [-0.25, -0.2) is 0 Å². The van der Waals surface area contributed by atoms with E-state index in [9.17, 15) is 22.8 Å². The van der Waals surface area contributed by atoms with E-state index in [0.29, 0.717) is 6.42 Å². The molecule has 0 N–H and O–H groups in total. The van der Waals surface area contributed by atoms with E-state index in [2.05, 4.69) is 15.9 Å². The van der Waals surface area contributed by atoms with Crippen molar-refractivity contribution in [3.05, 3.63) is 33.8 Å². The first-order valence-corrected chi connectivity index (χ1v) is 6.60. The van der Waals surface area contributed by atoms with E-state index in [1.807, 2.05) is 6.92 Å². The minimum Gasteiger partial charge on any atom is -0.465 e. The van der Waals surface area contributed by atoms with E-state index >= 15 is 0 Å². The van der Waals surface area contributed by atoms with E-state index in [-0.39, 0.29) is 16.6 Å². The Hall–Kier alpha value is -1.37. The summed E-state index contributed by atoms with van der Waals surface area (Å²) in [4.78, 5) is 23.0. The second-order valence-electron chi connectivity index (χ2n) is 4.01.